The Morgan fingerprint density at radius 2 is 1.74 bits per heavy atom. The summed E-state index contributed by atoms with van der Waals surface area (Å²) in [6, 6.07) is 5.31. The van der Waals surface area contributed by atoms with Crippen LogP contribution in [0.1, 0.15) is 18.0 Å². The summed E-state index contributed by atoms with van der Waals surface area (Å²) in [6.45, 7) is 2.60. The van der Waals surface area contributed by atoms with Gasteiger partial charge in [-0.1, -0.05) is 12.1 Å². The molecule has 1 aliphatic heterocycles. The highest BCUT2D eigenvalue weighted by atomic mass is 19.4. The van der Waals surface area contributed by atoms with Crippen molar-refractivity contribution in [1.82, 2.24) is 10.2 Å². The van der Waals surface area contributed by atoms with Gasteiger partial charge in [-0.3, -0.25) is 4.90 Å². The average Bonchev–Trinajstić information content (AvgIpc) is 2.37. The largest absolute Gasteiger partial charge is 0.508 e. The maximum Gasteiger partial charge on any atom is 0.390 e. The Morgan fingerprint density at radius 3 is 2.26 bits per heavy atom. The number of hydrogen-bond donors (Lipinski definition) is 2. The van der Waals surface area contributed by atoms with Crippen LogP contribution in [-0.2, 0) is 0 Å². The number of phenolic OH excluding ortho intramolecular Hbond substituents is 1. The molecule has 0 amide bonds. The third-order valence-corrected chi connectivity index (χ3v) is 3.30. The van der Waals surface area contributed by atoms with Crippen LogP contribution in [0.4, 0.5) is 13.2 Å². The van der Waals surface area contributed by atoms with Gasteiger partial charge in [-0.15, -0.1) is 0 Å². The maximum atomic E-state index is 12.7. The molecular formula is C13H17F3N2O. The summed E-state index contributed by atoms with van der Waals surface area (Å²) < 4.78 is 38.2. The van der Waals surface area contributed by atoms with E-state index in [1.54, 1.807) is 12.1 Å². The molecule has 0 unspecified atom stereocenters. The predicted molar refractivity (Wildman–Crippen MR) is 66.0 cm³/mol. The van der Waals surface area contributed by atoms with E-state index >= 15 is 0 Å². The lowest BCUT2D eigenvalue weighted by atomic mass is 10.0. The Morgan fingerprint density at radius 1 is 1.16 bits per heavy atom. The minimum Gasteiger partial charge on any atom is -0.508 e. The van der Waals surface area contributed by atoms with Gasteiger partial charge in [0.2, 0.25) is 0 Å². The van der Waals surface area contributed by atoms with Crippen molar-refractivity contribution >= 4 is 0 Å². The molecule has 0 spiro atoms. The van der Waals surface area contributed by atoms with Gasteiger partial charge < -0.3 is 10.4 Å². The lowest BCUT2D eigenvalue weighted by Crippen LogP contribution is -2.46. The highest BCUT2D eigenvalue weighted by Crippen LogP contribution is 2.34. The van der Waals surface area contributed by atoms with Crippen molar-refractivity contribution in [2.45, 2.75) is 18.6 Å². The van der Waals surface area contributed by atoms with Gasteiger partial charge in [0.1, 0.15) is 5.75 Å². The van der Waals surface area contributed by atoms with E-state index in [1.807, 2.05) is 4.90 Å². The van der Waals surface area contributed by atoms with E-state index in [4.69, 9.17) is 0 Å². The van der Waals surface area contributed by atoms with E-state index < -0.39 is 18.6 Å². The van der Waals surface area contributed by atoms with Crippen LogP contribution >= 0.6 is 0 Å². The van der Waals surface area contributed by atoms with E-state index in [2.05, 4.69) is 5.32 Å². The predicted octanol–water partition coefficient (Wildman–Crippen LogP) is 2.29. The highest BCUT2D eigenvalue weighted by molar-refractivity contribution is 5.28. The molecule has 1 aliphatic rings. The minimum atomic E-state index is -4.20. The number of nitrogens with one attached hydrogen (secondary N) is 1. The summed E-state index contributed by atoms with van der Waals surface area (Å²) in [5.74, 6) is 0.0646. The van der Waals surface area contributed by atoms with Gasteiger partial charge in [-0.2, -0.15) is 13.2 Å². The minimum absolute atomic E-state index is 0.0646. The molecule has 6 heteroatoms. The summed E-state index contributed by atoms with van der Waals surface area (Å²) >= 11 is 0. The van der Waals surface area contributed by atoms with Crippen molar-refractivity contribution in [3.05, 3.63) is 29.8 Å². The van der Waals surface area contributed by atoms with E-state index in [9.17, 15) is 18.3 Å². The van der Waals surface area contributed by atoms with Gasteiger partial charge in [0.25, 0.3) is 0 Å². The number of rotatable bonds is 3. The molecule has 106 valence electrons. The Balaban J connectivity index is 2.19. The molecule has 1 heterocycles. The van der Waals surface area contributed by atoms with Crippen LogP contribution in [0.15, 0.2) is 24.3 Å². The fraction of sp³-hybridized carbons (Fsp3) is 0.538. The Kier molecular flexibility index (Phi) is 4.31. The molecule has 1 aromatic rings. The van der Waals surface area contributed by atoms with Crippen LogP contribution in [-0.4, -0.2) is 42.4 Å². The molecule has 1 atom stereocenters. The monoisotopic (exact) mass is 274 g/mol. The Labute approximate surface area is 110 Å². The third-order valence-electron chi connectivity index (χ3n) is 3.30. The van der Waals surface area contributed by atoms with Gasteiger partial charge in [-0.25, -0.2) is 0 Å². The van der Waals surface area contributed by atoms with Gasteiger partial charge in [0, 0.05) is 32.2 Å². The molecule has 0 bridgehead atoms. The number of benzene rings is 1. The van der Waals surface area contributed by atoms with E-state index in [1.165, 1.54) is 12.1 Å². The Hall–Kier alpha value is -1.27. The molecular weight excluding hydrogens is 257 g/mol. The fourth-order valence-corrected chi connectivity index (χ4v) is 2.37. The summed E-state index contributed by atoms with van der Waals surface area (Å²) in [5.41, 5.74) is 0.594. The number of halogens is 3. The maximum absolute atomic E-state index is 12.7. The molecule has 0 aromatic heterocycles. The highest BCUT2D eigenvalue weighted by Gasteiger charge is 2.35. The number of phenols is 1. The van der Waals surface area contributed by atoms with Gasteiger partial charge >= 0.3 is 6.18 Å². The normalized spacial score (nSPS) is 19.3. The zero-order valence-electron chi connectivity index (χ0n) is 10.5. The van der Waals surface area contributed by atoms with Crippen LogP contribution in [0.2, 0.25) is 0 Å². The van der Waals surface area contributed by atoms with Crippen LogP contribution < -0.4 is 5.32 Å². The molecule has 0 saturated carbocycles. The van der Waals surface area contributed by atoms with Crippen LogP contribution in [0.3, 0.4) is 0 Å². The second kappa shape index (κ2) is 5.79. The van der Waals surface area contributed by atoms with E-state index in [0.717, 1.165) is 0 Å². The number of piperazine rings is 1. The molecule has 19 heavy (non-hydrogen) atoms. The summed E-state index contributed by atoms with van der Waals surface area (Å²) in [6.07, 6.45) is -5.06. The molecule has 1 saturated heterocycles. The summed E-state index contributed by atoms with van der Waals surface area (Å²) in [5, 5.41) is 12.4. The third kappa shape index (κ3) is 4.11. The van der Waals surface area contributed by atoms with Gasteiger partial charge in [0.15, 0.2) is 0 Å². The number of nitrogens with zero attached hydrogens (tertiary/aromatic N) is 1. The molecule has 2 N–H and O–H groups in total. The van der Waals surface area contributed by atoms with Crippen molar-refractivity contribution in [3.63, 3.8) is 0 Å². The van der Waals surface area contributed by atoms with Crippen molar-refractivity contribution < 1.29 is 18.3 Å². The molecule has 2 rings (SSSR count). The first kappa shape index (κ1) is 14.1. The van der Waals surface area contributed by atoms with Crippen LogP contribution in [0.25, 0.3) is 0 Å². The molecule has 1 aromatic carbocycles. The second-order valence-electron chi connectivity index (χ2n) is 4.71. The number of alkyl halides is 3. The summed E-state index contributed by atoms with van der Waals surface area (Å²) in [4.78, 5) is 1.84. The first-order valence-corrected chi connectivity index (χ1v) is 6.26. The zero-order valence-corrected chi connectivity index (χ0v) is 10.5. The van der Waals surface area contributed by atoms with Crippen LogP contribution in [0, 0.1) is 0 Å². The van der Waals surface area contributed by atoms with E-state index in [-0.39, 0.29) is 5.75 Å². The molecule has 1 fully saturated rings. The van der Waals surface area contributed by atoms with Gasteiger partial charge in [0.05, 0.1) is 6.42 Å². The van der Waals surface area contributed by atoms with Crippen molar-refractivity contribution in [1.29, 1.82) is 0 Å². The fourth-order valence-electron chi connectivity index (χ4n) is 2.37. The lowest BCUT2D eigenvalue weighted by molar-refractivity contribution is -0.148. The number of aromatic hydroxyl groups is 1. The number of hydrogen-bond acceptors (Lipinski definition) is 3. The van der Waals surface area contributed by atoms with Crippen molar-refractivity contribution in [3.8, 4) is 5.75 Å². The van der Waals surface area contributed by atoms with Crippen molar-refractivity contribution in [2.24, 2.45) is 0 Å². The smallest absolute Gasteiger partial charge is 0.390 e. The zero-order chi connectivity index (χ0) is 13.9. The lowest BCUT2D eigenvalue weighted by Gasteiger charge is -2.35. The standard InChI is InChI=1S/C13H17F3N2O/c14-13(15,16)9-12(18-7-5-17-6-8-18)10-1-3-11(19)4-2-10/h1-4,12,17,19H,5-9H2/t12-/m0/s1. The van der Waals surface area contributed by atoms with E-state index in [0.29, 0.717) is 31.7 Å². The average molecular weight is 274 g/mol. The molecule has 0 radical (unpaired) electrons. The molecule has 3 nitrogen and oxygen atoms in total. The first-order chi connectivity index (χ1) is 8.96. The first-order valence-electron chi connectivity index (χ1n) is 6.26. The van der Waals surface area contributed by atoms with Crippen LogP contribution in [0.5, 0.6) is 5.75 Å². The topological polar surface area (TPSA) is 35.5 Å². The Bertz CT molecular complexity index is 399. The molecule has 0 aliphatic carbocycles. The SMILES string of the molecule is Oc1ccc([C@H](CC(F)(F)F)N2CCNCC2)cc1. The summed E-state index contributed by atoms with van der Waals surface area (Å²) in [7, 11) is 0. The van der Waals surface area contributed by atoms with Crippen molar-refractivity contribution in [2.75, 3.05) is 26.2 Å². The van der Waals surface area contributed by atoms with Gasteiger partial charge in [-0.05, 0) is 17.7 Å². The quantitative estimate of drug-likeness (QED) is 0.887. The second-order valence-corrected chi connectivity index (χ2v) is 4.71.